The van der Waals surface area contributed by atoms with Gasteiger partial charge in [-0.25, -0.2) is 13.1 Å². The van der Waals surface area contributed by atoms with E-state index in [-0.39, 0.29) is 11.5 Å². The van der Waals surface area contributed by atoms with E-state index in [0.29, 0.717) is 19.0 Å². The summed E-state index contributed by atoms with van der Waals surface area (Å²) in [5, 5.41) is 8.85. The van der Waals surface area contributed by atoms with Gasteiger partial charge in [0.15, 0.2) is 0 Å². The van der Waals surface area contributed by atoms with Gasteiger partial charge in [0, 0.05) is 25.7 Å². The highest BCUT2D eigenvalue weighted by atomic mass is 32.2. The zero-order chi connectivity index (χ0) is 15.3. The normalized spacial score (nSPS) is 15.6. The molecule has 5 nitrogen and oxygen atoms in total. The van der Waals surface area contributed by atoms with Gasteiger partial charge in [0.2, 0.25) is 10.0 Å². The molecule has 6 heteroatoms. The van der Waals surface area contributed by atoms with E-state index in [1.54, 1.807) is 24.3 Å². The van der Waals surface area contributed by atoms with Crippen LogP contribution in [-0.4, -0.2) is 50.7 Å². The van der Waals surface area contributed by atoms with Crippen LogP contribution >= 0.6 is 0 Å². The zero-order valence-electron chi connectivity index (χ0n) is 12.5. The van der Waals surface area contributed by atoms with Gasteiger partial charge in [0.1, 0.15) is 0 Å². The minimum Gasteiger partial charge on any atom is -0.396 e. The molecule has 1 saturated carbocycles. The number of rotatable bonds is 9. The highest BCUT2D eigenvalue weighted by Gasteiger charge is 2.27. The number of hydrogen-bond acceptors (Lipinski definition) is 4. The molecule has 0 heterocycles. The van der Waals surface area contributed by atoms with Crippen molar-refractivity contribution in [1.82, 2.24) is 9.62 Å². The second-order valence-electron chi connectivity index (χ2n) is 5.38. The summed E-state index contributed by atoms with van der Waals surface area (Å²) in [5.74, 6) is 0. The van der Waals surface area contributed by atoms with Crippen molar-refractivity contribution < 1.29 is 13.5 Å². The molecule has 1 fully saturated rings. The first-order chi connectivity index (χ1) is 10.1. The van der Waals surface area contributed by atoms with Crippen LogP contribution in [0.4, 0.5) is 0 Å². The Balaban J connectivity index is 1.88. The fourth-order valence-electron chi connectivity index (χ4n) is 2.41. The Morgan fingerprint density at radius 1 is 1.29 bits per heavy atom. The highest BCUT2D eigenvalue weighted by Crippen LogP contribution is 2.25. The zero-order valence-corrected chi connectivity index (χ0v) is 13.3. The Labute approximate surface area is 127 Å². The summed E-state index contributed by atoms with van der Waals surface area (Å²) < 4.78 is 27.0. The summed E-state index contributed by atoms with van der Waals surface area (Å²) >= 11 is 0. The topological polar surface area (TPSA) is 69.6 Å². The first-order valence-corrected chi connectivity index (χ1v) is 8.98. The van der Waals surface area contributed by atoms with E-state index >= 15 is 0 Å². The Morgan fingerprint density at radius 3 is 2.48 bits per heavy atom. The summed E-state index contributed by atoms with van der Waals surface area (Å²) in [6, 6.07) is 7.32. The number of aliphatic hydroxyl groups is 1. The lowest BCUT2D eigenvalue weighted by Crippen LogP contribution is -2.36. The van der Waals surface area contributed by atoms with Crippen molar-refractivity contribution in [2.75, 3.05) is 26.2 Å². The van der Waals surface area contributed by atoms with Crippen molar-refractivity contribution in [3.05, 3.63) is 29.8 Å². The molecule has 0 saturated heterocycles. The molecule has 0 aliphatic heterocycles. The maximum Gasteiger partial charge on any atom is 0.240 e. The fourth-order valence-corrected chi connectivity index (χ4v) is 3.43. The Morgan fingerprint density at radius 2 is 1.95 bits per heavy atom. The van der Waals surface area contributed by atoms with Gasteiger partial charge in [-0.1, -0.05) is 19.1 Å². The van der Waals surface area contributed by atoms with E-state index in [1.807, 2.05) is 0 Å². The molecule has 118 valence electrons. The Bertz CT molecular complexity index is 539. The van der Waals surface area contributed by atoms with Gasteiger partial charge in [-0.05, 0) is 43.5 Å². The summed E-state index contributed by atoms with van der Waals surface area (Å²) in [4.78, 5) is 2.59. The highest BCUT2D eigenvalue weighted by molar-refractivity contribution is 7.89. The van der Waals surface area contributed by atoms with Crippen molar-refractivity contribution in [3.63, 3.8) is 0 Å². The van der Waals surface area contributed by atoms with Gasteiger partial charge in [-0.15, -0.1) is 0 Å². The molecule has 0 amide bonds. The molecule has 0 bridgehead atoms. The number of benzene rings is 1. The molecule has 0 radical (unpaired) electrons. The third kappa shape index (κ3) is 4.78. The maximum absolute atomic E-state index is 12.2. The van der Waals surface area contributed by atoms with Crippen LogP contribution < -0.4 is 4.72 Å². The minimum absolute atomic E-state index is 0.0678. The van der Waals surface area contributed by atoms with E-state index in [1.165, 1.54) is 12.8 Å². The van der Waals surface area contributed by atoms with Gasteiger partial charge in [-0.2, -0.15) is 0 Å². The Kier molecular flexibility index (Phi) is 5.75. The SMILES string of the molecule is CCN(CCNS(=O)(=O)c1ccc(CCO)cc1)C1CC1. The van der Waals surface area contributed by atoms with Crippen LogP contribution in [0.15, 0.2) is 29.2 Å². The number of nitrogens with zero attached hydrogens (tertiary/aromatic N) is 1. The lowest BCUT2D eigenvalue weighted by molar-refractivity contribution is 0.282. The number of nitrogens with one attached hydrogen (secondary N) is 1. The van der Waals surface area contributed by atoms with Gasteiger partial charge in [0.25, 0.3) is 0 Å². The largest absolute Gasteiger partial charge is 0.396 e. The molecule has 21 heavy (non-hydrogen) atoms. The lowest BCUT2D eigenvalue weighted by atomic mass is 10.2. The van der Waals surface area contributed by atoms with E-state index in [4.69, 9.17) is 5.11 Å². The van der Waals surface area contributed by atoms with E-state index in [2.05, 4.69) is 16.5 Å². The molecule has 1 aromatic carbocycles. The van der Waals surface area contributed by atoms with Gasteiger partial charge >= 0.3 is 0 Å². The van der Waals surface area contributed by atoms with Gasteiger partial charge in [0.05, 0.1) is 4.90 Å². The summed E-state index contributed by atoms with van der Waals surface area (Å²) in [6.45, 7) is 4.32. The molecule has 2 rings (SSSR count). The summed E-state index contributed by atoms with van der Waals surface area (Å²) in [7, 11) is -3.44. The predicted molar refractivity (Wildman–Crippen MR) is 82.7 cm³/mol. The van der Waals surface area contributed by atoms with Crippen molar-refractivity contribution >= 4 is 10.0 Å². The molecule has 0 atom stereocenters. The smallest absolute Gasteiger partial charge is 0.240 e. The fraction of sp³-hybridized carbons (Fsp3) is 0.600. The Hall–Kier alpha value is -0.950. The molecule has 0 unspecified atom stereocenters. The van der Waals surface area contributed by atoms with Crippen LogP contribution in [0, 0.1) is 0 Å². The number of sulfonamides is 1. The summed E-state index contributed by atoms with van der Waals surface area (Å²) in [6.07, 6.45) is 3.00. The van der Waals surface area contributed by atoms with Crippen LogP contribution in [-0.2, 0) is 16.4 Å². The second-order valence-corrected chi connectivity index (χ2v) is 7.14. The van der Waals surface area contributed by atoms with Crippen LogP contribution in [0.25, 0.3) is 0 Å². The van der Waals surface area contributed by atoms with E-state index in [0.717, 1.165) is 18.7 Å². The molecule has 1 aliphatic rings. The molecule has 1 aromatic rings. The van der Waals surface area contributed by atoms with Crippen molar-refractivity contribution in [3.8, 4) is 0 Å². The molecule has 0 aromatic heterocycles. The van der Waals surface area contributed by atoms with Crippen molar-refractivity contribution in [2.24, 2.45) is 0 Å². The minimum atomic E-state index is -3.44. The molecular weight excluding hydrogens is 288 g/mol. The summed E-state index contributed by atoms with van der Waals surface area (Å²) in [5.41, 5.74) is 0.933. The predicted octanol–water partition coefficient (Wildman–Crippen LogP) is 0.984. The van der Waals surface area contributed by atoms with Gasteiger partial charge in [-0.3, -0.25) is 4.90 Å². The van der Waals surface area contributed by atoms with Crippen molar-refractivity contribution in [1.29, 1.82) is 0 Å². The third-order valence-corrected chi connectivity index (χ3v) is 5.27. The first kappa shape index (κ1) is 16.4. The second kappa shape index (κ2) is 7.35. The monoisotopic (exact) mass is 312 g/mol. The third-order valence-electron chi connectivity index (χ3n) is 3.79. The molecule has 1 aliphatic carbocycles. The average Bonchev–Trinajstić information content (AvgIpc) is 3.29. The van der Waals surface area contributed by atoms with E-state index in [9.17, 15) is 8.42 Å². The number of aliphatic hydroxyl groups excluding tert-OH is 1. The average molecular weight is 312 g/mol. The first-order valence-electron chi connectivity index (χ1n) is 7.50. The van der Waals surface area contributed by atoms with Crippen molar-refractivity contribution in [2.45, 2.75) is 37.1 Å². The molecule has 2 N–H and O–H groups in total. The standard InChI is InChI=1S/C15H24N2O3S/c1-2-17(14-5-6-14)11-10-16-21(19,20)15-7-3-13(4-8-15)9-12-18/h3-4,7-8,14,16,18H,2,5-6,9-12H2,1H3. The molecule has 0 spiro atoms. The number of likely N-dealkylation sites (N-methyl/N-ethyl adjacent to an activating group) is 1. The van der Waals surface area contributed by atoms with Crippen LogP contribution in [0.2, 0.25) is 0 Å². The van der Waals surface area contributed by atoms with Crippen LogP contribution in [0.3, 0.4) is 0 Å². The van der Waals surface area contributed by atoms with Crippen LogP contribution in [0.1, 0.15) is 25.3 Å². The van der Waals surface area contributed by atoms with E-state index < -0.39 is 10.0 Å². The molecular formula is C15H24N2O3S. The quantitative estimate of drug-likeness (QED) is 0.713. The lowest BCUT2D eigenvalue weighted by Gasteiger charge is -2.19. The van der Waals surface area contributed by atoms with Gasteiger partial charge < -0.3 is 5.11 Å². The van der Waals surface area contributed by atoms with Crippen LogP contribution in [0.5, 0.6) is 0 Å². The number of hydrogen-bond donors (Lipinski definition) is 2. The maximum atomic E-state index is 12.2.